The number of amides is 2. The number of carbonyl (C=O) groups is 1. The SMILES string of the molecule is COc1cccc(N2CCC(CNC(=O)NCc3ccnc(N4CCN(C)CC4)c3)C2)c1. The van der Waals surface area contributed by atoms with E-state index in [9.17, 15) is 4.79 Å². The van der Waals surface area contributed by atoms with Gasteiger partial charge in [-0.25, -0.2) is 9.78 Å². The number of likely N-dealkylation sites (N-methyl/N-ethyl adjacent to an activating group) is 1. The molecule has 8 heteroatoms. The van der Waals surface area contributed by atoms with Gasteiger partial charge in [0, 0.05) is 70.3 Å². The summed E-state index contributed by atoms with van der Waals surface area (Å²) in [5.74, 6) is 2.30. The maximum Gasteiger partial charge on any atom is 0.315 e. The van der Waals surface area contributed by atoms with Crippen molar-refractivity contribution in [1.82, 2.24) is 20.5 Å². The Bertz CT molecular complexity index is 900. The molecule has 0 spiro atoms. The lowest BCUT2D eigenvalue weighted by molar-refractivity contribution is 0.239. The number of benzene rings is 1. The fraction of sp³-hybridized carbons (Fsp3) is 0.500. The van der Waals surface area contributed by atoms with E-state index in [4.69, 9.17) is 4.74 Å². The molecule has 4 rings (SSSR count). The highest BCUT2D eigenvalue weighted by molar-refractivity contribution is 5.73. The van der Waals surface area contributed by atoms with Crippen LogP contribution in [0.1, 0.15) is 12.0 Å². The third-order valence-corrected chi connectivity index (χ3v) is 6.35. The van der Waals surface area contributed by atoms with Gasteiger partial charge in [0.2, 0.25) is 0 Å². The summed E-state index contributed by atoms with van der Waals surface area (Å²) in [5, 5.41) is 6.02. The quantitative estimate of drug-likeness (QED) is 0.690. The van der Waals surface area contributed by atoms with Crippen molar-refractivity contribution in [2.24, 2.45) is 5.92 Å². The minimum absolute atomic E-state index is 0.122. The molecule has 2 amide bonds. The number of carbonyl (C=O) groups excluding carboxylic acids is 1. The molecule has 2 fully saturated rings. The van der Waals surface area contributed by atoms with Crippen molar-refractivity contribution in [3.63, 3.8) is 0 Å². The molecule has 2 aromatic rings. The number of anilines is 2. The van der Waals surface area contributed by atoms with Gasteiger partial charge in [-0.15, -0.1) is 0 Å². The van der Waals surface area contributed by atoms with E-state index in [1.165, 1.54) is 5.69 Å². The minimum atomic E-state index is -0.122. The van der Waals surface area contributed by atoms with Crippen LogP contribution >= 0.6 is 0 Å². The van der Waals surface area contributed by atoms with Crippen LogP contribution in [0.15, 0.2) is 42.6 Å². The van der Waals surface area contributed by atoms with E-state index in [1.54, 1.807) is 7.11 Å². The number of urea groups is 1. The van der Waals surface area contributed by atoms with Gasteiger partial charge in [-0.2, -0.15) is 0 Å². The number of aromatic nitrogens is 1. The number of hydrogen-bond acceptors (Lipinski definition) is 6. The lowest BCUT2D eigenvalue weighted by Gasteiger charge is -2.33. The average molecular weight is 439 g/mol. The predicted molar refractivity (Wildman–Crippen MR) is 127 cm³/mol. The second-order valence-corrected chi connectivity index (χ2v) is 8.68. The number of nitrogens with zero attached hydrogens (tertiary/aromatic N) is 4. The molecule has 32 heavy (non-hydrogen) atoms. The first-order valence-corrected chi connectivity index (χ1v) is 11.4. The normalized spacial score (nSPS) is 19.1. The summed E-state index contributed by atoms with van der Waals surface area (Å²) in [6.07, 6.45) is 2.89. The molecule has 0 bridgehead atoms. The standard InChI is InChI=1S/C24H34N6O2/c1-28-10-12-29(13-11-28)23-14-19(6-8-25-23)16-26-24(31)27-17-20-7-9-30(18-20)21-4-3-5-22(15-21)32-2/h3-6,8,14-15,20H,7,9-13,16-18H2,1-2H3,(H2,26,27,31). The van der Waals surface area contributed by atoms with Crippen molar-refractivity contribution >= 4 is 17.5 Å². The molecular weight excluding hydrogens is 404 g/mol. The maximum atomic E-state index is 12.3. The lowest BCUT2D eigenvalue weighted by atomic mass is 10.1. The van der Waals surface area contributed by atoms with Crippen LogP contribution in [-0.4, -0.2) is 75.9 Å². The van der Waals surface area contributed by atoms with E-state index >= 15 is 0 Å². The second kappa shape index (κ2) is 10.5. The highest BCUT2D eigenvalue weighted by Crippen LogP contribution is 2.26. The van der Waals surface area contributed by atoms with Crippen molar-refractivity contribution in [3.8, 4) is 5.75 Å². The van der Waals surface area contributed by atoms with E-state index in [0.29, 0.717) is 19.0 Å². The highest BCUT2D eigenvalue weighted by atomic mass is 16.5. The Labute approximate surface area is 190 Å². The Hall–Kier alpha value is -3.00. The Morgan fingerprint density at radius 2 is 1.94 bits per heavy atom. The van der Waals surface area contributed by atoms with E-state index in [0.717, 1.165) is 62.8 Å². The number of ether oxygens (including phenoxy) is 1. The van der Waals surface area contributed by atoms with Crippen molar-refractivity contribution in [1.29, 1.82) is 0 Å². The molecule has 0 radical (unpaired) electrons. The van der Waals surface area contributed by atoms with E-state index in [2.05, 4.69) is 55.6 Å². The number of nitrogens with one attached hydrogen (secondary N) is 2. The van der Waals surface area contributed by atoms with Gasteiger partial charge < -0.3 is 30.1 Å². The molecular formula is C24H34N6O2. The van der Waals surface area contributed by atoms with Crippen LogP contribution in [0.5, 0.6) is 5.75 Å². The molecule has 3 heterocycles. The summed E-state index contributed by atoms with van der Waals surface area (Å²) in [5.41, 5.74) is 2.24. The highest BCUT2D eigenvalue weighted by Gasteiger charge is 2.23. The van der Waals surface area contributed by atoms with Crippen LogP contribution in [0, 0.1) is 5.92 Å². The number of hydrogen-bond donors (Lipinski definition) is 2. The molecule has 2 aliphatic heterocycles. The van der Waals surface area contributed by atoms with Gasteiger partial charge in [-0.1, -0.05) is 6.07 Å². The van der Waals surface area contributed by atoms with Gasteiger partial charge >= 0.3 is 6.03 Å². The van der Waals surface area contributed by atoms with Gasteiger partial charge in [0.25, 0.3) is 0 Å². The zero-order chi connectivity index (χ0) is 22.3. The molecule has 2 N–H and O–H groups in total. The molecule has 8 nitrogen and oxygen atoms in total. The minimum Gasteiger partial charge on any atom is -0.497 e. The first kappa shape index (κ1) is 22.2. The van der Waals surface area contributed by atoms with Crippen molar-refractivity contribution in [3.05, 3.63) is 48.2 Å². The zero-order valence-corrected chi connectivity index (χ0v) is 19.1. The lowest BCUT2D eigenvalue weighted by Crippen LogP contribution is -2.44. The molecule has 172 valence electrons. The van der Waals surface area contributed by atoms with E-state index < -0.39 is 0 Å². The average Bonchev–Trinajstić information content (AvgIpc) is 3.31. The monoisotopic (exact) mass is 438 g/mol. The second-order valence-electron chi connectivity index (χ2n) is 8.68. The van der Waals surface area contributed by atoms with E-state index in [-0.39, 0.29) is 6.03 Å². The largest absolute Gasteiger partial charge is 0.497 e. The van der Waals surface area contributed by atoms with Gasteiger partial charge in [-0.3, -0.25) is 0 Å². The summed E-state index contributed by atoms with van der Waals surface area (Å²) < 4.78 is 5.33. The summed E-state index contributed by atoms with van der Waals surface area (Å²) in [6, 6.07) is 12.1. The van der Waals surface area contributed by atoms with Crippen LogP contribution in [0.2, 0.25) is 0 Å². The first-order valence-electron chi connectivity index (χ1n) is 11.4. The fourth-order valence-electron chi connectivity index (χ4n) is 4.30. The topological polar surface area (TPSA) is 73.0 Å². The fourth-order valence-corrected chi connectivity index (χ4v) is 4.30. The van der Waals surface area contributed by atoms with Gasteiger partial charge in [0.1, 0.15) is 11.6 Å². The molecule has 0 saturated carbocycles. The van der Waals surface area contributed by atoms with Gasteiger partial charge in [-0.05, 0) is 49.2 Å². The molecule has 2 saturated heterocycles. The van der Waals surface area contributed by atoms with Crippen molar-refractivity contribution in [2.45, 2.75) is 13.0 Å². The van der Waals surface area contributed by atoms with Gasteiger partial charge in [0.05, 0.1) is 7.11 Å². The summed E-state index contributed by atoms with van der Waals surface area (Å²) in [6.45, 7) is 7.15. The van der Waals surface area contributed by atoms with Gasteiger partial charge in [0.15, 0.2) is 0 Å². The number of pyridine rings is 1. The Kier molecular flexibility index (Phi) is 7.32. The molecule has 0 aliphatic carbocycles. The summed E-state index contributed by atoms with van der Waals surface area (Å²) >= 11 is 0. The predicted octanol–water partition coefficient (Wildman–Crippen LogP) is 2.17. The van der Waals surface area contributed by atoms with Crippen molar-refractivity contribution < 1.29 is 9.53 Å². The molecule has 2 aliphatic rings. The third-order valence-electron chi connectivity index (χ3n) is 6.35. The number of rotatable bonds is 7. The Morgan fingerprint density at radius 1 is 1.09 bits per heavy atom. The van der Waals surface area contributed by atoms with Crippen molar-refractivity contribution in [2.75, 3.05) is 69.8 Å². The smallest absolute Gasteiger partial charge is 0.315 e. The first-order chi connectivity index (χ1) is 15.6. The van der Waals surface area contributed by atoms with E-state index in [1.807, 2.05) is 24.4 Å². The molecule has 1 unspecified atom stereocenters. The van der Waals surface area contributed by atoms with Crippen LogP contribution in [0.3, 0.4) is 0 Å². The zero-order valence-electron chi connectivity index (χ0n) is 19.1. The Morgan fingerprint density at radius 3 is 2.75 bits per heavy atom. The summed E-state index contributed by atoms with van der Waals surface area (Å²) in [7, 11) is 3.83. The summed E-state index contributed by atoms with van der Waals surface area (Å²) in [4.78, 5) is 23.8. The number of methoxy groups -OCH3 is 1. The Balaban J connectivity index is 1.20. The van der Waals surface area contributed by atoms with Crippen LogP contribution in [-0.2, 0) is 6.54 Å². The third kappa shape index (κ3) is 5.82. The number of piperazine rings is 1. The van der Waals surface area contributed by atoms with Crippen LogP contribution in [0.4, 0.5) is 16.3 Å². The van der Waals surface area contributed by atoms with Crippen LogP contribution < -0.4 is 25.2 Å². The molecule has 1 atom stereocenters. The maximum absolute atomic E-state index is 12.3. The van der Waals surface area contributed by atoms with Crippen LogP contribution in [0.25, 0.3) is 0 Å². The molecule has 1 aromatic carbocycles. The molecule has 1 aromatic heterocycles.